The Morgan fingerprint density at radius 1 is 0.691 bits per heavy atom. The van der Waals surface area contributed by atoms with Crippen LogP contribution in [0, 0.1) is 13.8 Å². The summed E-state index contributed by atoms with van der Waals surface area (Å²) in [6.07, 6.45) is 0. The lowest BCUT2D eigenvalue weighted by molar-refractivity contribution is -0.187. The van der Waals surface area contributed by atoms with Crippen molar-refractivity contribution in [2.45, 2.75) is 34.8 Å². The second-order valence-electron chi connectivity index (χ2n) is 13.1. The number of carbonyl (C=O) groups is 4. The number of nitrogens with zero attached hydrogens (tertiary/aromatic N) is 3. The molecule has 6 rings (SSSR count). The molecule has 0 radical (unpaired) electrons. The number of aliphatic hydroxyl groups excluding tert-OH is 1. The Bertz CT molecular complexity index is 1970. The van der Waals surface area contributed by atoms with Crippen LogP contribution in [-0.4, -0.2) is 128 Å². The van der Waals surface area contributed by atoms with Gasteiger partial charge in [0.05, 0.1) is 25.5 Å². The van der Waals surface area contributed by atoms with Gasteiger partial charge < -0.3 is 35.2 Å². The van der Waals surface area contributed by atoms with E-state index in [0.29, 0.717) is 24.3 Å². The SMILES string of the molecule is Cc1ccc(C(=O)C(O)(C(=O)O)C(O)(C(=O)O)C(=O)c2ccc(C)cc2)cc1.OCCOCCN1CCN(C2=Nc3ccccc3Sc3ccccc32)CC1. The van der Waals surface area contributed by atoms with Crippen molar-refractivity contribution in [3.05, 3.63) is 125 Å². The van der Waals surface area contributed by atoms with Crippen LogP contribution in [0.25, 0.3) is 0 Å². The fourth-order valence-electron chi connectivity index (χ4n) is 6.11. The number of rotatable bonds is 12. The Hall–Kier alpha value is -5.22. The first-order chi connectivity index (χ1) is 26.3. The molecule has 0 bridgehead atoms. The number of ketones is 2. The number of fused-ring (bicyclic) bond motifs is 2. The molecule has 0 aliphatic carbocycles. The number of carbonyl (C=O) groups excluding carboxylic acids is 2. The number of carboxylic acids is 2. The molecular weight excluding hydrogens is 727 g/mol. The molecule has 13 nitrogen and oxygen atoms in total. The number of benzene rings is 4. The van der Waals surface area contributed by atoms with Crippen LogP contribution >= 0.6 is 11.8 Å². The molecule has 14 heteroatoms. The molecule has 2 atom stereocenters. The monoisotopic (exact) mass is 769 g/mol. The predicted octanol–water partition coefficient (Wildman–Crippen LogP) is 3.86. The molecule has 0 spiro atoms. The number of hydrogen-bond donors (Lipinski definition) is 5. The van der Waals surface area contributed by atoms with Gasteiger partial charge in [-0.15, -0.1) is 0 Å². The molecule has 1 fully saturated rings. The number of aliphatic imine (C=N–C) groups is 1. The second-order valence-corrected chi connectivity index (χ2v) is 14.2. The van der Waals surface area contributed by atoms with Gasteiger partial charge in [0.1, 0.15) is 5.84 Å². The van der Waals surface area contributed by atoms with Crippen LogP contribution in [0.2, 0.25) is 0 Å². The van der Waals surface area contributed by atoms with Crippen molar-refractivity contribution < 1.29 is 49.4 Å². The smallest absolute Gasteiger partial charge is 0.348 e. The molecule has 2 aliphatic rings. The van der Waals surface area contributed by atoms with E-state index in [2.05, 4.69) is 58.3 Å². The number of carboxylic acid groups (broad SMARTS) is 2. The molecular formula is C41H43N3O10S. The van der Waals surface area contributed by atoms with Crippen molar-refractivity contribution in [3.8, 4) is 0 Å². The minimum atomic E-state index is -3.96. The molecule has 4 aromatic rings. The number of para-hydroxylation sites is 1. The highest BCUT2D eigenvalue weighted by Gasteiger charge is 2.69. The zero-order chi connectivity index (χ0) is 39.8. The van der Waals surface area contributed by atoms with Gasteiger partial charge in [0.25, 0.3) is 11.2 Å². The number of amidine groups is 1. The highest BCUT2D eigenvalue weighted by Crippen LogP contribution is 2.40. The highest BCUT2D eigenvalue weighted by molar-refractivity contribution is 7.99. The summed E-state index contributed by atoms with van der Waals surface area (Å²) >= 11 is 1.80. The number of aliphatic carboxylic acids is 2. The van der Waals surface area contributed by atoms with Gasteiger partial charge in [-0.3, -0.25) is 14.5 Å². The van der Waals surface area contributed by atoms with Crippen LogP contribution in [0.15, 0.2) is 112 Å². The largest absolute Gasteiger partial charge is 0.479 e. The van der Waals surface area contributed by atoms with Gasteiger partial charge in [-0.25, -0.2) is 14.6 Å². The van der Waals surface area contributed by atoms with Gasteiger partial charge in [-0.2, -0.15) is 0 Å². The normalized spacial score (nSPS) is 16.1. The summed E-state index contributed by atoms with van der Waals surface area (Å²) in [5.74, 6) is -6.93. The number of aryl methyl sites for hydroxylation is 2. The number of aliphatic hydroxyl groups is 3. The third-order valence-electron chi connectivity index (χ3n) is 9.33. The minimum absolute atomic E-state index is 0.0898. The minimum Gasteiger partial charge on any atom is -0.479 e. The van der Waals surface area contributed by atoms with E-state index >= 15 is 0 Å². The maximum Gasteiger partial charge on any atom is 0.348 e. The topological polar surface area (TPSA) is 198 Å². The Morgan fingerprint density at radius 3 is 1.69 bits per heavy atom. The summed E-state index contributed by atoms with van der Waals surface area (Å²) in [7, 11) is 0. The van der Waals surface area contributed by atoms with Crippen LogP contribution in [0.4, 0.5) is 5.69 Å². The lowest BCUT2D eigenvalue weighted by Gasteiger charge is -2.36. The van der Waals surface area contributed by atoms with Crippen molar-refractivity contribution in [2.75, 3.05) is 52.5 Å². The van der Waals surface area contributed by atoms with E-state index in [1.54, 1.807) is 25.6 Å². The maximum atomic E-state index is 12.8. The molecule has 288 valence electrons. The van der Waals surface area contributed by atoms with Crippen molar-refractivity contribution in [1.29, 1.82) is 0 Å². The fourth-order valence-corrected chi connectivity index (χ4v) is 7.13. The molecule has 2 aliphatic heterocycles. The van der Waals surface area contributed by atoms with E-state index in [0.717, 1.165) is 68.5 Å². The van der Waals surface area contributed by atoms with Gasteiger partial charge in [-0.1, -0.05) is 102 Å². The van der Waals surface area contributed by atoms with Crippen molar-refractivity contribution in [3.63, 3.8) is 0 Å². The Morgan fingerprint density at radius 2 is 1.18 bits per heavy atom. The molecule has 0 amide bonds. The third-order valence-corrected chi connectivity index (χ3v) is 10.5. The molecule has 2 unspecified atom stereocenters. The van der Waals surface area contributed by atoms with E-state index < -0.39 is 34.7 Å². The van der Waals surface area contributed by atoms with Crippen molar-refractivity contribution in [2.24, 2.45) is 4.99 Å². The zero-order valence-corrected chi connectivity index (χ0v) is 31.2. The average molecular weight is 770 g/mol. The van der Waals surface area contributed by atoms with Gasteiger partial charge in [0, 0.05) is 59.2 Å². The fraction of sp³-hybridized carbons (Fsp3) is 0.293. The van der Waals surface area contributed by atoms with Gasteiger partial charge in [-0.05, 0) is 32.0 Å². The van der Waals surface area contributed by atoms with E-state index in [9.17, 15) is 39.6 Å². The van der Waals surface area contributed by atoms with Gasteiger partial charge in [0.15, 0.2) is 0 Å². The van der Waals surface area contributed by atoms with Crippen molar-refractivity contribution >= 4 is 46.8 Å². The van der Waals surface area contributed by atoms with Gasteiger partial charge in [0.2, 0.25) is 11.6 Å². The first kappa shape index (κ1) is 41.0. The Kier molecular flexibility index (Phi) is 13.4. The van der Waals surface area contributed by atoms with Crippen LogP contribution in [0.5, 0.6) is 0 Å². The predicted molar refractivity (Wildman–Crippen MR) is 205 cm³/mol. The van der Waals surface area contributed by atoms with Crippen LogP contribution in [0.1, 0.15) is 37.4 Å². The molecule has 55 heavy (non-hydrogen) atoms. The number of piperazine rings is 1. The first-order valence-electron chi connectivity index (χ1n) is 17.6. The molecule has 4 aromatic carbocycles. The average Bonchev–Trinajstić information content (AvgIpc) is 3.36. The maximum absolute atomic E-state index is 12.8. The molecule has 5 N–H and O–H groups in total. The lowest BCUT2D eigenvalue weighted by Crippen LogP contribution is -2.71. The summed E-state index contributed by atoms with van der Waals surface area (Å²) in [6, 6.07) is 27.3. The van der Waals surface area contributed by atoms with Crippen LogP contribution < -0.4 is 0 Å². The highest BCUT2D eigenvalue weighted by atomic mass is 32.2. The van der Waals surface area contributed by atoms with E-state index in [1.807, 2.05) is 0 Å². The van der Waals surface area contributed by atoms with E-state index in [1.165, 1.54) is 39.6 Å². The summed E-state index contributed by atoms with van der Waals surface area (Å²) in [6.45, 7) is 9.39. The summed E-state index contributed by atoms with van der Waals surface area (Å²) in [5.41, 5.74) is -5.00. The zero-order valence-electron chi connectivity index (χ0n) is 30.4. The van der Waals surface area contributed by atoms with E-state index in [4.69, 9.17) is 14.8 Å². The van der Waals surface area contributed by atoms with Crippen molar-refractivity contribution in [1.82, 2.24) is 9.80 Å². The summed E-state index contributed by atoms with van der Waals surface area (Å²) in [4.78, 5) is 61.5. The third kappa shape index (κ3) is 8.86. The van der Waals surface area contributed by atoms with E-state index in [-0.39, 0.29) is 17.7 Å². The van der Waals surface area contributed by atoms with Crippen LogP contribution in [0.3, 0.4) is 0 Å². The summed E-state index contributed by atoms with van der Waals surface area (Å²) in [5, 5.41) is 49.1. The molecule has 1 saturated heterocycles. The molecule has 2 heterocycles. The first-order valence-corrected chi connectivity index (χ1v) is 18.4. The molecule has 0 saturated carbocycles. The summed E-state index contributed by atoms with van der Waals surface area (Å²) < 4.78 is 5.40. The number of Topliss-reactive ketones (excluding diaryl/α,β-unsaturated/α-hetero) is 2. The molecule has 0 aromatic heterocycles. The van der Waals surface area contributed by atoms with Gasteiger partial charge >= 0.3 is 11.9 Å². The number of ether oxygens (including phenoxy) is 1. The van der Waals surface area contributed by atoms with Crippen LogP contribution in [-0.2, 0) is 14.3 Å². The lowest BCUT2D eigenvalue weighted by atomic mass is 9.73. The second kappa shape index (κ2) is 17.9. The number of hydrogen-bond acceptors (Lipinski definition) is 12. The Balaban J connectivity index is 0.000000211. The standard InChI is InChI=1S/C21H25N3O2S.C20H18O8/c25-14-16-26-15-13-23-9-11-24(12-10-23)21-17-5-1-3-7-19(17)27-20-8-4-2-6-18(20)22-21;1-11-3-7-13(8-4-11)15(21)19(27,17(23)24)20(28,18(25)26)16(22)14-9-5-12(2)6-10-14/h1-8,25H,9-16H2;3-10,27-28H,1-2H3,(H,23,24)(H,25,26). The quantitative estimate of drug-likeness (QED) is 0.0792. The Labute approximate surface area is 322 Å².